The van der Waals surface area contributed by atoms with E-state index < -0.39 is 5.67 Å². The molecule has 2 nitrogen and oxygen atoms in total. The molecule has 0 unspecified atom stereocenters. The average Bonchev–Trinajstić information content (AvgIpc) is 2.25. The first kappa shape index (κ1) is 9.41. The van der Waals surface area contributed by atoms with Crippen LogP contribution in [0.4, 0.5) is 4.39 Å². The summed E-state index contributed by atoms with van der Waals surface area (Å²) in [7, 11) is 0. The summed E-state index contributed by atoms with van der Waals surface area (Å²) in [5.74, 6) is 0. The first-order valence-corrected chi connectivity index (χ1v) is 5.06. The zero-order chi connectivity index (χ0) is 9.69. The number of likely N-dealkylation sites (tertiary alicyclic amines) is 1. The van der Waals surface area contributed by atoms with Gasteiger partial charge in [-0.3, -0.25) is 4.90 Å². The van der Waals surface area contributed by atoms with Crippen molar-refractivity contribution < 1.29 is 4.39 Å². The number of alkyl halides is 1. The van der Waals surface area contributed by atoms with Crippen molar-refractivity contribution in [1.29, 1.82) is 0 Å². The fourth-order valence-corrected chi connectivity index (χ4v) is 2.44. The number of hydrogen-bond acceptors (Lipinski definition) is 2. The maximum atomic E-state index is 13.2. The molecule has 3 heteroatoms. The van der Waals surface area contributed by atoms with Crippen molar-refractivity contribution in [3.8, 4) is 0 Å². The highest BCUT2D eigenvalue weighted by molar-refractivity contribution is 5.01. The van der Waals surface area contributed by atoms with Gasteiger partial charge < -0.3 is 5.32 Å². The zero-order valence-electron chi connectivity index (χ0n) is 8.73. The molecule has 0 aliphatic carbocycles. The summed E-state index contributed by atoms with van der Waals surface area (Å²) in [5.41, 5.74) is -0.681. The second kappa shape index (κ2) is 2.67. The molecule has 2 heterocycles. The summed E-state index contributed by atoms with van der Waals surface area (Å²) in [4.78, 5) is 2.25. The van der Waals surface area contributed by atoms with Crippen molar-refractivity contribution in [1.82, 2.24) is 10.2 Å². The third-order valence-corrected chi connectivity index (χ3v) is 3.14. The van der Waals surface area contributed by atoms with Crippen LogP contribution in [0.5, 0.6) is 0 Å². The van der Waals surface area contributed by atoms with Crippen LogP contribution in [0.2, 0.25) is 0 Å². The predicted octanol–water partition coefficient (Wildman–Crippen LogP) is 1.17. The van der Waals surface area contributed by atoms with Crippen LogP contribution in [0.25, 0.3) is 0 Å². The van der Waals surface area contributed by atoms with Gasteiger partial charge in [-0.15, -0.1) is 0 Å². The molecule has 2 rings (SSSR count). The Morgan fingerprint density at radius 2 is 1.92 bits per heavy atom. The Hall–Kier alpha value is -0.150. The highest BCUT2D eigenvalue weighted by Crippen LogP contribution is 2.31. The second-order valence-electron chi connectivity index (χ2n) is 5.44. The molecule has 13 heavy (non-hydrogen) atoms. The van der Waals surface area contributed by atoms with Crippen molar-refractivity contribution in [3.63, 3.8) is 0 Å². The van der Waals surface area contributed by atoms with Crippen LogP contribution < -0.4 is 5.32 Å². The first-order valence-electron chi connectivity index (χ1n) is 5.06. The van der Waals surface area contributed by atoms with Gasteiger partial charge in [0.2, 0.25) is 0 Å². The summed E-state index contributed by atoms with van der Waals surface area (Å²) in [6, 6.07) is 0.554. The molecule has 0 spiro atoms. The van der Waals surface area contributed by atoms with Gasteiger partial charge in [-0.25, -0.2) is 4.39 Å². The topological polar surface area (TPSA) is 15.3 Å². The van der Waals surface area contributed by atoms with E-state index in [4.69, 9.17) is 0 Å². The molecule has 1 atom stereocenters. The van der Waals surface area contributed by atoms with Gasteiger partial charge in [-0.05, 0) is 27.2 Å². The van der Waals surface area contributed by atoms with Gasteiger partial charge in [-0.2, -0.15) is 0 Å². The molecule has 0 bridgehead atoms. The van der Waals surface area contributed by atoms with Gasteiger partial charge in [0.1, 0.15) is 5.67 Å². The predicted molar refractivity (Wildman–Crippen MR) is 51.6 cm³/mol. The van der Waals surface area contributed by atoms with E-state index in [9.17, 15) is 4.39 Å². The standard InChI is InChI=1S/C10H19FN2/c1-9(2)4-8(5-12-9)13-6-10(3,11)7-13/h8,12H,4-7H2,1-3H3/t8-/m1/s1. The van der Waals surface area contributed by atoms with Crippen LogP contribution in [0.15, 0.2) is 0 Å². The normalized spacial score (nSPS) is 37.4. The number of nitrogens with zero attached hydrogens (tertiary/aromatic N) is 1. The number of nitrogens with one attached hydrogen (secondary N) is 1. The minimum absolute atomic E-state index is 0.243. The molecule has 0 amide bonds. The minimum Gasteiger partial charge on any atom is -0.310 e. The molecule has 2 aliphatic heterocycles. The first-order chi connectivity index (χ1) is 5.88. The SMILES string of the molecule is CC1(F)CN([C@H]2CNC(C)(C)C2)C1. The second-order valence-corrected chi connectivity index (χ2v) is 5.44. The number of rotatable bonds is 1. The summed E-state index contributed by atoms with van der Waals surface area (Å²) in [5, 5.41) is 3.46. The Morgan fingerprint density at radius 3 is 2.31 bits per heavy atom. The Balaban J connectivity index is 1.86. The average molecular weight is 186 g/mol. The molecule has 2 saturated heterocycles. The number of halogens is 1. The van der Waals surface area contributed by atoms with Crippen LogP contribution in [0.3, 0.4) is 0 Å². The van der Waals surface area contributed by atoms with Gasteiger partial charge in [-0.1, -0.05) is 0 Å². The molecule has 0 aromatic carbocycles. The molecule has 2 fully saturated rings. The van der Waals surface area contributed by atoms with Gasteiger partial charge >= 0.3 is 0 Å². The van der Waals surface area contributed by atoms with Crippen molar-refractivity contribution in [2.45, 2.75) is 44.4 Å². The van der Waals surface area contributed by atoms with E-state index in [0.29, 0.717) is 19.1 Å². The third kappa shape index (κ3) is 1.86. The van der Waals surface area contributed by atoms with Crippen LogP contribution in [0, 0.1) is 0 Å². The fourth-order valence-electron chi connectivity index (χ4n) is 2.44. The lowest BCUT2D eigenvalue weighted by atomic mass is 9.93. The smallest absolute Gasteiger partial charge is 0.133 e. The van der Waals surface area contributed by atoms with E-state index >= 15 is 0 Å². The van der Waals surface area contributed by atoms with Gasteiger partial charge in [0.05, 0.1) is 0 Å². The number of hydrogen-bond donors (Lipinski definition) is 1. The van der Waals surface area contributed by atoms with Crippen molar-refractivity contribution >= 4 is 0 Å². The van der Waals surface area contributed by atoms with E-state index in [1.165, 1.54) is 0 Å². The molecule has 2 aliphatic rings. The molecule has 0 aromatic rings. The van der Waals surface area contributed by atoms with Gasteiger partial charge in [0, 0.05) is 31.2 Å². The summed E-state index contributed by atoms with van der Waals surface area (Å²) in [6.45, 7) is 8.37. The molecular weight excluding hydrogens is 167 g/mol. The van der Waals surface area contributed by atoms with Crippen molar-refractivity contribution in [2.75, 3.05) is 19.6 Å². The largest absolute Gasteiger partial charge is 0.310 e. The Morgan fingerprint density at radius 1 is 1.31 bits per heavy atom. The molecule has 1 N–H and O–H groups in total. The summed E-state index contributed by atoms with van der Waals surface area (Å²) >= 11 is 0. The van der Waals surface area contributed by atoms with Crippen LogP contribution >= 0.6 is 0 Å². The monoisotopic (exact) mass is 186 g/mol. The van der Waals surface area contributed by atoms with E-state index in [1.807, 2.05) is 0 Å². The zero-order valence-corrected chi connectivity index (χ0v) is 8.73. The highest BCUT2D eigenvalue weighted by Gasteiger charge is 2.45. The van der Waals surface area contributed by atoms with Crippen molar-refractivity contribution in [3.05, 3.63) is 0 Å². The highest BCUT2D eigenvalue weighted by atomic mass is 19.1. The van der Waals surface area contributed by atoms with Crippen LogP contribution in [-0.2, 0) is 0 Å². The van der Waals surface area contributed by atoms with Crippen LogP contribution in [0.1, 0.15) is 27.2 Å². The van der Waals surface area contributed by atoms with Gasteiger partial charge in [0.15, 0.2) is 0 Å². The summed E-state index contributed by atoms with van der Waals surface area (Å²) < 4.78 is 13.2. The van der Waals surface area contributed by atoms with Gasteiger partial charge in [0.25, 0.3) is 0 Å². The lowest BCUT2D eigenvalue weighted by molar-refractivity contribution is -0.0408. The van der Waals surface area contributed by atoms with Crippen LogP contribution in [-0.4, -0.2) is 41.8 Å². The maximum absolute atomic E-state index is 13.2. The molecule has 0 radical (unpaired) electrons. The maximum Gasteiger partial charge on any atom is 0.133 e. The Bertz CT molecular complexity index is 205. The third-order valence-electron chi connectivity index (χ3n) is 3.14. The Labute approximate surface area is 79.5 Å². The van der Waals surface area contributed by atoms with E-state index in [-0.39, 0.29) is 5.54 Å². The lowest BCUT2D eigenvalue weighted by Crippen LogP contribution is -2.61. The minimum atomic E-state index is -0.924. The van der Waals surface area contributed by atoms with Crippen molar-refractivity contribution in [2.24, 2.45) is 0 Å². The van der Waals surface area contributed by atoms with E-state index in [1.54, 1.807) is 6.92 Å². The Kier molecular flexibility index (Phi) is 1.93. The van der Waals surface area contributed by atoms with E-state index in [0.717, 1.165) is 13.0 Å². The lowest BCUT2D eigenvalue weighted by Gasteiger charge is -2.45. The van der Waals surface area contributed by atoms with E-state index in [2.05, 4.69) is 24.1 Å². The molecule has 76 valence electrons. The quantitative estimate of drug-likeness (QED) is 0.661. The molecular formula is C10H19FN2. The summed E-state index contributed by atoms with van der Waals surface area (Å²) in [6.07, 6.45) is 1.14. The molecule has 0 saturated carbocycles. The fraction of sp³-hybridized carbons (Fsp3) is 1.00. The molecule has 0 aromatic heterocycles.